The summed E-state index contributed by atoms with van der Waals surface area (Å²) in [5.74, 6) is -0.182. The Morgan fingerprint density at radius 2 is 2.31 bits per heavy atom. The second kappa shape index (κ2) is 4.60. The summed E-state index contributed by atoms with van der Waals surface area (Å²) in [6.45, 7) is 2.22. The summed E-state index contributed by atoms with van der Waals surface area (Å²) >= 11 is 0. The van der Waals surface area contributed by atoms with E-state index in [-0.39, 0.29) is 12.2 Å². The first-order valence-corrected chi connectivity index (χ1v) is 4.12. The molecule has 0 aliphatic carbocycles. The first-order valence-electron chi connectivity index (χ1n) is 4.12. The predicted octanol–water partition coefficient (Wildman–Crippen LogP) is 1.97. The number of carbonyl (C=O) groups is 1. The lowest BCUT2D eigenvalue weighted by Gasteiger charge is -2.04. The van der Waals surface area contributed by atoms with Crippen LogP contribution in [0.4, 0.5) is 4.39 Å². The topological polar surface area (TPSA) is 26.3 Å². The first kappa shape index (κ1) is 9.71. The maximum absolute atomic E-state index is 13.1. The van der Waals surface area contributed by atoms with Crippen molar-refractivity contribution in [1.82, 2.24) is 0 Å². The minimum atomic E-state index is -0.416. The highest BCUT2D eigenvalue weighted by Crippen LogP contribution is 2.18. The molecule has 0 saturated carbocycles. The predicted molar refractivity (Wildman–Crippen MR) is 47.3 cm³/mol. The lowest BCUT2D eigenvalue weighted by atomic mass is 10.1. The molecule has 0 N–H and O–H groups in total. The normalized spacial score (nSPS) is 9.69. The molecular weight excluding hydrogens is 171 g/mol. The van der Waals surface area contributed by atoms with Crippen LogP contribution < -0.4 is 4.74 Å². The Bertz CT molecular complexity index is 297. The average Bonchev–Trinajstić information content (AvgIpc) is 2.10. The molecule has 0 fully saturated rings. The summed E-state index contributed by atoms with van der Waals surface area (Å²) < 4.78 is 18.1. The highest BCUT2D eigenvalue weighted by Gasteiger charge is 2.03. The van der Waals surface area contributed by atoms with E-state index in [1.54, 1.807) is 13.0 Å². The van der Waals surface area contributed by atoms with Crippen molar-refractivity contribution in [3.8, 4) is 5.75 Å². The monoisotopic (exact) mass is 182 g/mol. The third kappa shape index (κ3) is 2.54. The molecule has 0 unspecified atom stereocenters. The smallest absolute Gasteiger partial charge is 0.165 e. The number of aldehydes is 1. The molecule has 0 bridgehead atoms. The van der Waals surface area contributed by atoms with Crippen molar-refractivity contribution in [2.75, 3.05) is 6.61 Å². The van der Waals surface area contributed by atoms with Crippen molar-refractivity contribution < 1.29 is 13.9 Å². The minimum Gasteiger partial charge on any atom is -0.491 e. The fourth-order valence-corrected chi connectivity index (χ4v) is 1.04. The van der Waals surface area contributed by atoms with Crippen LogP contribution in [-0.2, 0) is 11.2 Å². The molecule has 0 aliphatic rings. The molecule has 3 heteroatoms. The molecule has 1 rings (SSSR count). The Balaban J connectivity index is 2.84. The van der Waals surface area contributed by atoms with E-state index in [1.165, 1.54) is 12.1 Å². The van der Waals surface area contributed by atoms with Gasteiger partial charge in [-0.1, -0.05) is 6.07 Å². The van der Waals surface area contributed by atoms with Crippen LogP contribution in [0.2, 0.25) is 0 Å². The number of halogens is 1. The summed E-state index contributed by atoms with van der Waals surface area (Å²) in [5, 5.41) is 0. The third-order valence-corrected chi connectivity index (χ3v) is 1.62. The summed E-state index contributed by atoms with van der Waals surface area (Å²) in [4.78, 5) is 10.1. The zero-order chi connectivity index (χ0) is 9.68. The fourth-order valence-electron chi connectivity index (χ4n) is 1.04. The van der Waals surface area contributed by atoms with Crippen LogP contribution in [0.1, 0.15) is 12.5 Å². The molecule has 0 aliphatic heterocycles. The third-order valence-electron chi connectivity index (χ3n) is 1.62. The van der Waals surface area contributed by atoms with Gasteiger partial charge in [-0.15, -0.1) is 0 Å². The quantitative estimate of drug-likeness (QED) is 0.665. The van der Waals surface area contributed by atoms with E-state index in [0.717, 1.165) is 6.29 Å². The van der Waals surface area contributed by atoms with Crippen LogP contribution in [0.5, 0.6) is 5.75 Å². The van der Waals surface area contributed by atoms with E-state index in [4.69, 9.17) is 4.74 Å². The van der Waals surface area contributed by atoms with Crippen LogP contribution in [-0.4, -0.2) is 12.9 Å². The number of carbonyl (C=O) groups excluding carboxylic acids is 1. The minimum absolute atomic E-state index is 0.233. The standard InChI is InChI=1S/C10H11FO2/c1-2-13-10-4-3-8(5-6-12)7-9(10)11/h3-4,6-7H,2,5H2,1H3. The molecule has 0 saturated heterocycles. The largest absolute Gasteiger partial charge is 0.491 e. The molecule has 0 heterocycles. The van der Waals surface area contributed by atoms with Gasteiger partial charge in [0.25, 0.3) is 0 Å². The molecule has 0 aromatic heterocycles. The van der Waals surface area contributed by atoms with E-state index < -0.39 is 5.82 Å². The van der Waals surface area contributed by atoms with E-state index >= 15 is 0 Å². The molecule has 1 aromatic rings. The van der Waals surface area contributed by atoms with E-state index in [2.05, 4.69) is 0 Å². The number of hydrogen-bond donors (Lipinski definition) is 0. The first-order chi connectivity index (χ1) is 6.27. The molecule has 2 nitrogen and oxygen atoms in total. The van der Waals surface area contributed by atoms with Gasteiger partial charge in [0.05, 0.1) is 6.61 Å². The lowest BCUT2D eigenvalue weighted by molar-refractivity contribution is -0.107. The molecule has 0 radical (unpaired) electrons. The van der Waals surface area contributed by atoms with Crippen LogP contribution in [0.3, 0.4) is 0 Å². The molecular formula is C10H11FO2. The van der Waals surface area contributed by atoms with E-state index in [1.807, 2.05) is 0 Å². The second-order valence-electron chi connectivity index (χ2n) is 2.57. The number of ether oxygens (including phenoxy) is 1. The van der Waals surface area contributed by atoms with Crippen molar-refractivity contribution in [1.29, 1.82) is 0 Å². The summed E-state index contributed by atoms with van der Waals surface area (Å²) in [6.07, 6.45) is 0.985. The maximum atomic E-state index is 13.1. The van der Waals surface area contributed by atoms with Gasteiger partial charge in [0.2, 0.25) is 0 Å². The van der Waals surface area contributed by atoms with Gasteiger partial charge >= 0.3 is 0 Å². The Morgan fingerprint density at radius 3 is 2.85 bits per heavy atom. The Hall–Kier alpha value is -1.38. The molecule has 1 aromatic carbocycles. The van der Waals surface area contributed by atoms with Gasteiger partial charge in [-0.25, -0.2) is 4.39 Å². The van der Waals surface area contributed by atoms with Gasteiger partial charge in [0.1, 0.15) is 6.29 Å². The molecule has 70 valence electrons. The van der Waals surface area contributed by atoms with Gasteiger partial charge in [-0.3, -0.25) is 0 Å². The van der Waals surface area contributed by atoms with Gasteiger partial charge in [0.15, 0.2) is 11.6 Å². The van der Waals surface area contributed by atoms with Crippen molar-refractivity contribution >= 4 is 6.29 Å². The zero-order valence-electron chi connectivity index (χ0n) is 7.42. The lowest BCUT2D eigenvalue weighted by Crippen LogP contribution is -1.96. The van der Waals surface area contributed by atoms with Crippen LogP contribution in [0.15, 0.2) is 18.2 Å². The zero-order valence-corrected chi connectivity index (χ0v) is 7.42. The van der Waals surface area contributed by atoms with Gasteiger partial charge in [0, 0.05) is 6.42 Å². The van der Waals surface area contributed by atoms with Crippen molar-refractivity contribution in [2.45, 2.75) is 13.3 Å². The van der Waals surface area contributed by atoms with E-state index in [0.29, 0.717) is 12.2 Å². The Morgan fingerprint density at radius 1 is 1.54 bits per heavy atom. The average molecular weight is 182 g/mol. The molecule has 0 amide bonds. The molecule has 0 spiro atoms. The van der Waals surface area contributed by atoms with Crippen LogP contribution in [0, 0.1) is 5.82 Å². The van der Waals surface area contributed by atoms with Crippen molar-refractivity contribution in [3.05, 3.63) is 29.6 Å². The highest BCUT2D eigenvalue weighted by molar-refractivity contribution is 5.55. The second-order valence-corrected chi connectivity index (χ2v) is 2.57. The summed E-state index contributed by atoms with van der Waals surface area (Å²) in [7, 11) is 0. The highest BCUT2D eigenvalue weighted by atomic mass is 19.1. The van der Waals surface area contributed by atoms with Crippen molar-refractivity contribution in [2.24, 2.45) is 0 Å². The SMILES string of the molecule is CCOc1ccc(CC=O)cc1F. The Labute approximate surface area is 76.3 Å². The number of benzene rings is 1. The number of hydrogen-bond acceptors (Lipinski definition) is 2. The van der Waals surface area contributed by atoms with Crippen molar-refractivity contribution in [3.63, 3.8) is 0 Å². The molecule has 13 heavy (non-hydrogen) atoms. The summed E-state index contributed by atoms with van der Waals surface area (Å²) in [5.41, 5.74) is 0.663. The van der Waals surface area contributed by atoms with Gasteiger partial charge in [-0.05, 0) is 24.6 Å². The molecule has 0 atom stereocenters. The summed E-state index contributed by atoms with van der Waals surface area (Å²) in [6, 6.07) is 4.54. The van der Waals surface area contributed by atoms with E-state index in [9.17, 15) is 9.18 Å². The van der Waals surface area contributed by atoms with Crippen LogP contribution in [0.25, 0.3) is 0 Å². The van der Waals surface area contributed by atoms with Gasteiger partial charge in [-0.2, -0.15) is 0 Å². The fraction of sp³-hybridized carbons (Fsp3) is 0.300. The van der Waals surface area contributed by atoms with Crippen LogP contribution >= 0.6 is 0 Å². The number of rotatable bonds is 4. The van der Waals surface area contributed by atoms with Gasteiger partial charge < -0.3 is 9.53 Å². The maximum Gasteiger partial charge on any atom is 0.165 e. The Kier molecular flexibility index (Phi) is 3.43.